The summed E-state index contributed by atoms with van der Waals surface area (Å²) in [4.78, 5) is 11.4. The first kappa shape index (κ1) is 15.9. The molecule has 106 valence electrons. The van der Waals surface area contributed by atoms with Crippen LogP contribution in [0.5, 0.6) is 0 Å². The number of esters is 1. The van der Waals surface area contributed by atoms with Crippen molar-refractivity contribution in [3.63, 3.8) is 0 Å². The van der Waals surface area contributed by atoms with Gasteiger partial charge in [-0.05, 0) is 38.1 Å². The van der Waals surface area contributed by atoms with E-state index in [9.17, 15) is 13.2 Å². The van der Waals surface area contributed by atoms with Crippen LogP contribution in [0.1, 0.15) is 13.8 Å². The smallest absolute Gasteiger partial charge is 0.321 e. The van der Waals surface area contributed by atoms with Gasteiger partial charge in [0.15, 0.2) is 0 Å². The lowest BCUT2D eigenvalue weighted by atomic mass is 10.4. The van der Waals surface area contributed by atoms with Crippen LogP contribution < -0.4 is 0 Å². The van der Waals surface area contributed by atoms with Crippen molar-refractivity contribution in [3.05, 3.63) is 29.3 Å². The number of carbonyl (C=O) groups is 1. The molecule has 0 spiro atoms. The minimum Gasteiger partial charge on any atom is -0.468 e. The van der Waals surface area contributed by atoms with Crippen LogP contribution in [-0.2, 0) is 19.6 Å². The fraction of sp³-hybridized carbons (Fsp3) is 0.417. The van der Waals surface area contributed by atoms with E-state index in [1.165, 1.54) is 31.4 Å². The third kappa shape index (κ3) is 3.92. The highest BCUT2D eigenvalue weighted by Gasteiger charge is 2.29. The van der Waals surface area contributed by atoms with E-state index >= 15 is 0 Å². The first-order valence-electron chi connectivity index (χ1n) is 5.63. The van der Waals surface area contributed by atoms with Crippen molar-refractivity contribution in [2.45, 2.75) is 24.8 Å². The monoisotopic (exact) mass is 305 g/mol. The molecule has 0 saturated heterocycles. The van der Waals surface area contributed by atoms with Gasteiger partial charge in [0.1, 0.15) is 6.54 Å². The van der Waals surface area contributed by atoms with Gasteiger partial charge >= 0.3 is 5.97 Å². The standard InChI is InChI=1S/C12H16ClNO4S/c1-9(2)14(8-12(15)18-3)19(16,17)11-6-4-10(13)5-7-11/h4-7,9H,8H2,1-3H3. The largest absolute Gasteiger partial charge is 0.468 e. The topological polar surface area (TPSA) is 63.7 Å². The lowest BCUT2D eigenvalue weighted by Crippen LogP contribution is -2.40. The van der Waals surface area contributed by atoms with Crippen molar-refractivity contribution in [3.8, 4) is 0 Å². The van der Waals surface area contributed by atoms with Gasteiger partial charge in [-0.1, -0.05) is 11.6 Å². The molecule has 5 nitrogen and oxygen atoms in total. The summed E-state index contributed by atoms with van der Waals surface area (Å²) in [6.45, 7) is 3.06. The zero-order valence-corrected chi connectivity index (χ0v) is 12.5. The van der Waals surface area contributed by atoms with Crippen molar-refractivity contribution in [1.82, 2.24) is 4.31 Å². The number of ether oxygens (including phenoxy) is 1. The Bertz CT molecular complexity index is 539. The van der Waals surface area contributed by atoms with E-state index in [0.717, 1.165) is 4.31 Å². The number of benzene rings is 1. The Kier molecular flexibility index (Phi) is 5.34. The second-order valence-corrected chi connectivity index (χ2v) is 6.50. The number of rotatable bonds is 5. The van der Waals surface area contributed by atoms with E-state index in [-0.39, 0.29) is 17.5 Å². The number of sulfonamides is 1. The third-order valence-corrected chi connectivity index (χ3v) is 4.80. The Labute approximate surface area is 118 Å². The Hall–Kier alpha value is -1.11. The minimum absolute atomic E-state index is 0.0921. The van der Waals surface area contributed by atoms with Gasteiger partial charge in [-0.25, -0.2) is 8.42 Å². The van der Waals surface area contributed by atoms with Gasteiger partial charge in [-0.3, -0.25) is 4.79 Å². The molecule has 0 unspecified atom stereocenters. The maximum absolute atomic E-state index is 12.4. The molecule has 1 aromatic carbocycles. The maximum atomic E-state index is 12.4. The predicted octanol–water partition coefficient (Wildman–Crippen LogP) is 1.91. The van der Waals surface area contributed by atoms with Gasteiger partial charge in [-0.15, -0.1) is 0 Å². The molecule has 0 N–H and O–H groups in total. The first-order valence-corrected chi connectivity index (χ1v) is 7.45. The van der Waals surface area contributed by atoms with Crippen LogP contribution in [0.2, 0.25) is 5.02 Å². The maximum Gasteiger partial charge on any atom is 0.321 e. The molecule has 0 atom stereocenters. The highest BCUT2D eigenvalue weighted by Crippen LogP contribution is 2.20. The zero-order valence-electron chi connectivity index (χ0n) is 11.0. The summed E-state index contributed by atoms with van der Waals surface area (Å²) >= 11 is 5.73. The number of hydrogen-bond donors (Lipinski definition) is 0. The van der Waals surface area contributed by atoms with Gasteiger partial charge in [0, 0.05) is 11.1 Å². The molecule has 0 bridgehead atoms. The Morgan fingerprint density at radius 1 is 1.32 bits per heavy atom. The summed E-state index contributed by atoms with van der Waals surface area (Å²) in [5, 5.41) is 0.447. The highest BCUT2D eigenvalue weighted by atomic mass is 35.5. The second-order valence-electron chi connectivity index (χ2n) is 4.17. The number of hydrogen-bond acceptors (Lipinski definition) is 4. The van der Waals surface area contributed by atoms with Crippen LogP contribution in [0.4, 0.5) is 0 Å². The number of methoxy groups -OCH3 is 1. The van der Waals surface area contributed by atoms with E-state index in [1.54, 1.807) is 13.8 Å². The second kappa shape index (κ2) is 6.36. The fourth-order valence-corrected chi connectivity index (χ4v) is 3.19. The van der Waals surface area contributed by atoms with Crippen molar-refractivity contribution in [2.24, 2.45) is 0 Å². The molecule has 7 heteroatoms. The Morgan fingerprint density at radius 2 is 1.84 bits per heavy atom. The van der Waals surface area contributed by atoms with Crippen LogP contribution >= 0.6 is 11.6 Å². The van der Waals surface area contributed by atoms with Crippen LogP contribution in [0, 0.1) is 0 Å². The molecule has 0 aliphatic rings. The Balaban J connectivity index is 3.13. The molecule has 1 aromatic rings. The minimum atomic E-state index is -3.75. The van der Waals surface area contributed by atoms with Crippen LogP contribution in [0.25, 0.3) is 0 Å². The highest BCUT2D eigenvalue weighted by molar-refractivity contribution is 7.89. The van der Waals surface area contributed by atoms with E-state index in [0.29, 0.717) is 5.02 Å². The molecule has 0 saturated carbocycles. The van der Waals surface area contributed by atoms with Crippen molar-refractivity contribution in [1.29, 1.82) is 0 Å². The van der Waals surface area contributed by atoms with Gasteiger partial charge in [0.2, 0.25) is 10.0 Å². The average molecular weight is 306 g/mol. The van der Waals surface area contributed by atoms with Gasteiger partial charge in [0.25, 0.3) is 0 Å². The molecule has 19 heavy (non-hydrogen) atoms. The normalized spacial score (nSPS) is 11.9. The number of carbonyl (C=O) groups excluding carboxylic acids is 1. The summed E-state index contributed by atoms with van der Waals surface area (Å²) < 4.78 is 30.4. The SMILES string of the molecule is COC(=O)CN(C(C)C)S(=O)(=O)c1ccc(Cl)cc1. The molecule has 0 aliphatic carbocycles. The summed E-state index contributed by atoms with van der Waals surface area (Å²) in [7, 11) is -2.53. The van der Waals surface area contributed by atoms with Gasteiger partial charge in [0.05, 0.1) is 12.0 Å². The lowest BCUT2D eigenvalue weighted by molar-refractivity contribution is -0.141. The molecule has 0 aliphatic heterocycles. The van der Waals surface area contributed by atoms with E-state index in [4.69, 9.17) is 11.6 Å². The van der Waals surface area contributed by atoms with Crippen LogP contribution in [-0.4, -0.2) is 38.4 Å². The summed E-state index contributed by atoms with van der Waals surface area (Å²) in [5.41, 5.74) is 0. The summed E-state index contributed by atoms with van der Waals surface area (Å²) in [6, 6.07) is 5.44. The predicted molar refractivity (Wildman–Crippen MR) is 72.5 cm³/mol. The first-order chi connectivity index (χ1) is 8.78. The fourth-order valence-electron chi connectivity index (χ4n) is 1.48. The molecule has 0 heterocycles. The van der Waals surface area contributed by atoms with Crippen LogP contribution in [0.3, 0.4) is 0 Å². The molecular formula is C12H16ClNO4S. The quantitative estimate of drug-likeness (QED) is 0.780. The van der Waals surface area contributed by atoms with Gasteiger partial charge in [-0.2, -0.15) is 4.31 Å². The van der Waals surface area contributed by atoms with Crippen molar-refractivity contribution < 1.29 is 17.9 Å². The summed E-state index contributed by atoms with van der Waals surface area (Å²) in [5.74, 6) is -0.605. The van der Waals surface area contributed by atoms with Crippen molar-refractivity contribution >= 4 is 27.6 Å². The average Bonchev–Trinajstić information content (AvgIpc) is 2.35. The third-order valence-electron chi connectivity index (χ3n) is 2.51. The number of halogens is 1. The number of nitrogens with zero attached hydrogens (tertiary/aromatic N) is 1. The molecule has 0 radical (unpaired) electrons. The van der Waals surface area contributed by atoms with Crippen molar-refractivity contribution in [2.75, 3.05) is 13.7 Å². The molecular weight excluding hydrogens is 290 g/mol. The zero-order chi connectivity index (χ0) is 14.6. The summed E-state index contributed by atoms with van der Waals surface area (Å²) in [6.07, 6.45) is 0. The molecule has 1 rings (SSSR count). The lowest BCUT2D eigenvalue weighted by Gasteiger charge is -2.24. The molecule has 0 fully saturated rings. The van der Waals surface area contributed by atoms with Gasteiger partial charge < -0.3 is 4.74 Å². The molecule has 0 aromatic heterocycles. The van der Waals surface area contributed by atoms with E-state index in [2.05, 4.69) is 4.74 Å². The van der Waals surface area contributed by atoms with E-state index < -0.39 is 16.0 Å². The Morgan fingerprint density at radius 3 is 2.26 bits per heavy atom. The van der Waals surface area contributed by atoms with E-state index in [1.807, 2.05) is 0 Å². The molecule has 0 amide bonds. The van der Waals surface area contributed by atoms with Crippen LogP contribution in [0.15, 0.2) is 29.2 Å².